The number of pyridine rings is 1. The summed E-state index contributed by atoms with van der Waals surface area (Å²) in [6.07, 6.45) is 8.37. The van der Waals surface area contributed by atoms with Crippen LogP contribution in [-0.2, 0) is 6.54 Å². The first-order valence-corrected chi connectivity index (χ1v) is 6.32. The van der Waals surface area contributed by atoms with E-state index in [4.69, 9.17) is 0 Å². The van der Waals surface area contributed by atoms with Gasteiger partial charge in [-0.25, -0.2) is 0 Å². The first kappa shape index (κ1) is 15.9. The van der Waals surface area contributed by atoms with Gasteiger partial charge in [-0.15, -0.1) is 24.0 Å². The number of halogens is 1. The molecule has 0 unspecified atom stereocenters. The normalized spacial score (nSPS) is 15.2. The van der Waals surface area contributed by atoms with Crippen LogP contribution >= 0.6 is 24.0 Å². The summed E-state index contributed by atoms with van der Waals surface area (Å²) in [5, 5.41) is 6.71. The van der Waals surface area contributed by atoms with Crippen molar-refractivity contribution in [2.24, 2.45) is 4.99 Å². The van der Waals surface area contributed by atoms with Crippen molar-refractivity contribution < 1.29 is 0 Å². The van der Waals surface area contributed by atoms with Crippen LogP contribution in [0.2, 0.25) is 0 Å². The summed E-state index contributed by atoms with van der Waals surface area (Å²) in [5.41, 5.74) is 2.26. The van der Waals surface area contributed by atoms with Gasteiger partial charge >= 0.3 is 0 Å². The van der Waals surface area contributed by atoms with Gasteiger partial charge in [0.05, 0.1) is 12.2 Å². The Morgan fingerprint density at radius 3 is 2.79 bits per heavy atom. The van der Waals surface area contributed by atoms with Gasteiger partial charge in [0.15, 0.2) is 5.96 Å². The first-order chi connectivity index (χ1) is 8.79. The van der Waals surface area contributed by atoms with Gasteiger partial charge in [0.1, 0.15) is 0 Å². The van der Waals surface area contributed by atoms with Crippen molar-refractivity contribution >= 4 is 29.9 Å². The van der Waals surface area contributed by atoms with Crippen LogP contribution in [-0.4, -0.2) is 24.0 Å². The van der Waals surface area contributed by atoms with Gasteiger partial charge < -0.3 is 10.6 Å². The summed E-state index contributed by atoms with van der Waals surface area (Å²) in [5.74, 6) is 0.841. The van der Waals surface area contributed by atoms with Crippen molar-refractivity contribution in [1.29, 1.82) is 0 Å². The van der Waals surface area contributed by atoms with Crippen LogP contribution in [0.25, 0.3) is 0 Å². The topological polar surface area (TPSA) is 49.3 Å². The molecule has 0 spiro atoms. The Bertz CT molecular complexity index is 449. The molecule has 0 saturated heterocycles. The van der Waals surface area contributed by atoms with Crippen molar-refractivity contribution in [2.45, 2.75) is 32.4 Å². The summed E-state index contributed by atoms with van der Waals surface area (Å²) >= 11 is 0. The van der Waals surface area contributed by atoms with E-state index in [-0.39, 0.29) is 24.0 Å². The molecule has 0 bridgehead atoms. The van der Waals surface area contributed by atoms with Gasteiger partial charge in [0.2, 0.25) is 0 Å². The molecule has 0 fully saturated rings. The molecule has 4 nitrogen and oxygen atoms in total. The van der Waals surface area contributed by atoms with E-state index in [0.29, 0.717) is 12.6 Å². The summed E-state index contributed by atoms with van der Waals surface area (Å²) in [4.78, 5) is 8.59. The highest BCUT2D eigenvalue weighted by atomic mass is 127. The largest absolute Gasteiger partial charge is 0.353 e. The number of aromatic nitrogens is 1. The van der Waals surface area contributed by atoms with Crippen LogP contribution in [0.4, 0.5) is 0 Å². The maximum atomic E-state index is 4.36. The van der Waals surface area contributed by atoms with Gasteiger partial charge in [0.25, 0.3) is 0 Å². The summed E-state index contributed by atoms with van der Waals surface area (Å²) in [6, 6.07) is 4.50. The van der Waals surface area contributed by atoms with E-state index in [0.717, 1.165) is 24.5 Å². The van der Waals surface area contributed by atoms with Crippen LogP contribution < -0.4 is 10.6 Å². The van der Waals surface area contributed by atoms with E-state index in [1.807, 2.05) is 12.3 Å². The van der Waals surface area contributed by atoms with E-state index in [1.165, 1.54) is 5.56 Å². The molecule has 1 aromatic rings. The van der Waals surface area contributed by atoms with Crippen molar-refractivity contribution in [2.75, 3.05) is 7.05 Å². The minimum Gasteiger partial charge on any atom is -0.353 e. The quantitative estimate of drug-likeness (QED) is 0.371. The molecule has 0 saturated carbocycles. The van der Waals surface area contributed by atoms with Gasteiger partial charge in [-0.05, 0) is 31.4 Å². The Balaban J connectivity index is 0.00000180. The molecule has 5 heteroatoms. The SMILES string of the molecule is CN=C(NCc1ncccc1C)NC1CC=CC1.I. The number of hydrogen-bond acceptors (Lipinski definition) is 2. The lowest BCUT2D eigenvalue weighted by molar-refractivity contribution is 0.631. The maximum absolute atomic E-state index is 4.36. The summed E-state index contributed by atoms with van der Waals surface area (Å²) < 4.78 is 0. The van der Waals surface area contributed by atoms with Gasteiger partial charge in [-0.1, -0.05) is 18.2 Å². The highest BCUT2D eigenvalue weighted by Crippen LogP contribution is 2.08. The fourth-order valence-electron chi connectivity index (χ4n) is 1.99. The van der Waals surface area contributed by atoms with Crippen LogP contribution in [0.5, 0.6) is 0 Å². The fraction of sp³-hybridized carbons (Fsp3) is 0.429. The molecule has 1 aliphatic carbocycles. The van der Waals surface area contributed by atoms with E-state index in [1.54, 1.807) is 7.05 Å². The van der Waals surface area contributed by atoms with E-state index in [2.05, 4.69) is 45.8 Å². The van der Waals surface area contributed by atoms with Gasteiger partial charge in [0, 0.05) is 19.3 Å². The number of hydrogen-bond donors (Lipinski definition) is 2. The predicted molar refractivity (Wildman–Crippen MR) is 89.9 cm³/mol. The molecular formula is C14H21IN4. The zero-order chi connectivity index (χ0) is 12.8. The Hall–Kier alpha value is -1.11. The average molecular weight is 372 g/mol. The van der Waals surface area contributed by atoms with Crippen molar-refractivity contribution in [1.82, 2.24) is 15.6 Å². The summed E-state index contributed by atoms with van der Waals surface area (Å²) in [7, 11) is 1.79. The van der Waals surface area contributed by atoms with E-state index in [9.17, 15) is 0 Å². The van der Waals surface area contributed by atoms with Crippen LogP contribution in [0.15, 0.2) is 35.5 Å². The highest BCUT2D eigenvalue weighted by Gasteiger charge is 2.11. The Labute approximate surface area is 131 Å². The molecule has 0 aliphatic heterocycles. The predicted octanol–water partition coefficient (Wildman–Crippen LogP) is 2.39. The number of nitrogens with one attached hydrogen (secondary N) is 2. The van der Waals surface area contributed by atoms with Crippen LogP contribution in [0.3, 0.4) is 0 Å². The Morgan fingerprint density at radius 1 is 1.42 bits per heavy atom. The monoisotopic (exact) mass is 372 g/mol. The molecule has 0 radical (unpaired) electrons. The molecule has 2 N–H and O–H groups in total. The molecule has 0 atom stereocenters. The van der Waals surface area contributed by atoms with Gasteiger partial charge in [-0.2, -0.15) is 0 Å². The third kappa shape index (κ3) is 4.81. The number of aliphatic imine (C=N–C) groups is 1. The molecular weight excluding hydrogens is 351 g/mol. The Morgan fingerprint density at radius 2 is 2.16 bits per heavy atom. The standard InChI is InChI=1S/C14H20N4.HI/c1-11-6-5-9-16-13(11)10-17-14(15-2)18-12-7-3-4-8-12;/h3-6,9,12H,7-8,10H2,1-2H3,(H2,15,17,18);1H. The number of aryl methyl sites for hydroxylation is 1. The van der Waals surface area contributed by atoms with Crippen molar-refractivity contribution in [3.63, 3.8) is 0 Å². The van der Waals surface area contributed by atoms with Crippen molar-refractivity contribution in [3.05, 3.63) is 41.7 Å². The second kappa shape index (κ2) is 8.14. The second-order valence-electron chi connectivity index (χ2n) is 4.48. The number of guanidine groups is 1. The molecule has 19 heavy (non-hydrogen) atoms. The number of nitrogens with zero attached hydrogens (tertiary/aromatic N) is 2. The zero-order valence-electron chi connectivity index (χ0n) is 11.4. The molecule has 104 valence electrons. The smallest absolute Gasteiger partial charge is 0.191 e. The lowest BCUT2D eigenvalue weighted by Gasteiger charge is -2.17. The lowest BCUT2D eigenvalue weighted by Crippen LogP contribution is -2.42. The fourth-order valence-corrected chi connectivity index (χ4v) is 1.99. The minimum atomic E-state index is 0. The molecule has 1 aliphatic rings. The number of rotatable bonds is 3. The molecule has 0 amide bonds. The Kier molecular flexibility index (Phi) is 6.83. The van der Waals surface area contributed by atoms with Gasteiger partial charge in [-0.3, -0.25) is 9.98 Å². The van der Waals surface area contributed by atoms with E-state index >= 15 is 0 Å². The highest BCUT2D eigenvalue weighted by molar-refractivity contribution is 14.0. The summed E-state index contributed by atoms with van der Waals surface area (Å²) in [6.45, 7) is 2.77. The lowest BCUT2D eigenvalue weighted by atomic mass is 10.2. The third-order valence-corrected chi connectivity index (χ3v) is 3.11. The van der Waals surface area contributed by atoms with Crippen LogP contribution in [0.1, 0.15) is 24.1 Å². The first-order valence-electron chi connectivity index (χ1n) is 6.32. The second-order valence-corrected chi connectivity index (χ2v) is 4.48. The molecule has 0 aromatic carbocycles. The minimum absolute atomic E-state index is 0. The van der Waals surface area contributed by atoms with E-state index < -0.39 is 0 Å². The van der Waals surface area contributed by atoms with Crippen LogP contribution in [0, 0.1) is 6.92 Å². The average Bonchev–Trinajstić information content (AvgIpc) is 2.89. The zero-order valence-corrected chi connectivity index (χ0v) is 13.7. The maximum Gasteiger partial charge on any atom is 0.191 e. The molecule has 1 aromatic heterocycles. The van der Waals surface area contributed by atoms with Crippen molar-refractivity contribution in [3.8, 4) is 0 Å². The third-order valence-electron chi connectivity index (χ3n) is 3.11. The molecule has 1 heterocycles. The molecule has 2 rings (SSSR count).